The quantitative estimate of drug-likeness (QED) is 0.812. The highest BCUT2D eigenvalue weighted by atomic mass is 35.5. The summed E-state index contributed by atoms with van der Waals surface area (Å²) in [7, 11) is -3.69. The molecule has 0 heterocycles. The molecule has 0 N–H and O–H groups in total. The SMILES string of the molecule is O=S(=O)(c1ccc(Cl)cc1)N([S])[S]. The molecule has 0 saturated carbocycles. The summed E-state index contributed by atoms with van der Waals surface area (Å²) in [6, 6.07) is 5.62. The van der Waals surface area contributed by atoms with Gasteiger partial charge in [0.25, 0.3) is 10.0 Å². The maximum atomic E-state index is 11.3. The number of sulfonamides is 1. The number of rotatable bonds is 2. The van der Waals surface area contributed by atoms with Crippen molar-refractivity contribution in [3.05, 3.63) is 29.3 Å². The second-order valence-electron chi connectivity index (χ2n) is 2.15. The summed E-state index contributed by atoms with van der Waals surface area (Å²) in [6.07, 6.45) is 0. The molecule has 0 fully saturated rings. The van der Waals surface area contributed by atoms with Crippen LogP contribution >= 0.6 is 37.2 Å². The number of hydrogen-bond acceptors (Lipinski definition) is 2. The van der Waals surface area contributed by atoms with E-state index in [1.165, 1.54) is 24.3 Å². The van der Waals surface area contributed by atoms with Gasteiger partial charge in [0.05, 0.1) is 4.90 Å². The van der Waals surface area contributed by atoms with E-state index in [2.05, 4.69) is 25.6 Å². The topological polar surface area (TPSA) is 37.4 Å². The van der Waals surface area contributed by atoms with Crippen LogP contribution in [0.25, 0.3) is 0 Å². The van der Waals surface area contributed by atoms with Crippen LogP contribution in [0, 0.1) is 0 Å². The first-order valence-corrected chi connectivity index (χ1v) is 5.64. The summed E-state index contributed by atoms with van der Waals surface area (Å²) in [6.45, 7) is 0. The van der Waals surface area contributed by atoms with Crippen LogP contribution in [0.4, 0.5) is 0 Å². The van der Waals surface area contributed by atoms with Crippen LogP contribution in [-0.2, 0) is 10.0 Å². The minimum Gasteiger partial charge on any atom is -0.205 e. The smallest absolute Gasteiger partial charge is 0.205 e. The van der Waals surface area contributed by atoms with Crippen molar-refractivity contribution >= 4 is 47.3 Å². The van der Waals surface area contributed by atoms with E-state index in [-0.39, 0.29) is 4.90 Å². The Balaban J connectivity index is 3.17. The second kappa shape index (κ2) is 4.10. The molecule has 7 heteroatoms. The molecule has 0 aliphatic carbocycles. The minimum absolute atomic E-state index is 0.0434. The fourth-order valence-corrected chi connectivity index (χ4v) is 1.99. The molecule has 1 aromatic carbocycles. The van der Waals surface area contributed by atoms with Crippen molar-refractivity contribution in [2.24, 2.45) is 0 Å². The monoisotopic (exact) mass is 253 g/mol. The van der Waals surface area contributed by atoms with Crippen LogP contribution in [0.15, 0.2) is 29.2 Å². The summed E-state index contributed by atoms with van der Waals surface area (Å²) < 4.78 is 23.0. The molecule has 13 heavy (non-hydrogen) atoms. The summed E-state index contributed by atoms with van der Waals surface area (Å²) >= 11 is 14.3. The van der Waals surface area contributed by atoms with Crippen LogP contribution in [0.3, 0.4) is 0 Å². The highest BCUT2D eigenvalue weighted by Crippen LogP contribution is 2.20. The summed E-state index contributed by atoms with van der Waals surface area (Å²) in [5.74, 6) is 0. The van der Waals surface area contributed by atoms with Crippen LogP contribution < -0.4 is 0 Å². The standard InChI is InChI=1S/C6H4ClNO2S3/c7-5-1-3-6(4-2-5)13(9,10)8(11)12/h1-4H. The summed E-state index contributed by atoms with van der Waals surface area (Å²) in [5, 5.41) is 0.458. The van der Waals surface area contributed by atoms with Crippen molar-refractivity contribution in [2.75, 3.05) is 0 Å². The number of hydrogen-bond donors (Lipinski definition) is 0. The molecular weight excluding hydrogens is 250 g/mol. The Kier molecular flexibility index (Phi) is 3.53. The average Bonchev–Trinajstić information content (AvgIpc) is 2.04. The normalized spacial score (nSPS) is 12.0. The zero-order valence-corrected chi connectivity index (χ0v) is 9.38. The molecular formula is C6H4ClNO2S3. The average molecular weight is 254 g/mol. The van der Waals surface area contributed by atoms with E-state index in [1.807, 2.05) is 0 Å². The molecule has 0 aliphatic rings. The zero-order valence-electron chi connectivity index (χ0n) is 6.18. The van der Waals surface area contributed by atoms with Gasteiger partial charge in [-0.2, -0.15) is 0 Å². The third kappa shape index (κ3) is 2.54. The molecule has 0 atom stereocenters. The first-order valence-electron chi connectivity index (χ1n) is 3.10. The Morgan fingerprint density at radius 3 is 2.00 bits per heavy atom. The Labute approximate surface area is 92.8 Å². The van der Waals surface area contributed by atoms with Crippen molar-refractivity contribution in [1.82, 2.24) is 3.12 Å². The Morgan fingerprint density at radius 2 is 1.62 bits per heavy atom. The lowest BCUT2D eigenvalue weighted by atomic mass is 10.4. The largest absolute Gasteiger partial charge is 0.263 e. The molecule has 3 nitrogen and oxygen atoms in total. The van der Waals surface area contributed by atoms with Gasteiger partial charge in [-0.1, -0.05) is 14.7 Å². The lowest BCUT2D eigenvalue weighted by molar-refractivity contribution is 0.583. The van der Waals surface area contributed by atoms with Crippen molar-refractivity contribution in [3.63, 3.8) is 0 Å². The van der Waals surface area contributed by atoms with Crippen molar-refractivity contribution in [3.8, 4) is 0 Å². The zero-order chi connectivity index (χ0) is 10.1. The lowest BCUT2D eigenvalue weighted by Gasteiger charge is -2.06. The molecule has 1 rings (SSSR count). The van der Waals surface area contributed by atoms with E-state index >= 15 is 0 Å². The van der Waals surface area contributed by atoms with Crippen molar-refractivity contribution < 1.29 is 8.42 Å². The fraction of sp³-hybridized carbons (Fsp3) is 0. The molecule has 70 valence electrons. The van der Waals surface area contributed by atoms with Gasteiger partial charge in [-0.05, 0) is 24.3 Å². The van der Waals surface area contributed by atoms with Crippen molar-refractivity contribution in [2.45, 2.75) is 4.90 Å². The van der Waals surface area contributed by atoms with E-state index < -0.39 is 10.0 Å². The highest BCUT2D eigenvalue weighted by Gasteiger charge is 2.19. The summed E-state index contributed by atoms with van der Waals surface area (Å²) in [4.78, 5) is 0.0434. The molecule has 1 aromatic rings. The van der Waals surface area contributed by atoms with Gasteiger partial charge in [0.15, 0.2) is 0 Å². The maximum absolute atomic E-state index is 11.3. The van der Waals surface area contributed by atoms with E-state index in [0.717, 1.165) is 0 Å². The van der Waals surface area contributed by atoms with E-state index in [9.17, 15) is 8.42 Å². The van der Waals surface area contributed by atoms with E-state index in [1.54, 1.807) is 0 Å². The first-order chi connectivity index (χ1) is 5.94. The Bertz CT molecular complexity index is 387. The molecule has 0 spiro atoms. The highest BCUT2D eigenvalue weighted by molar-refractivity contribution is 8.11. The number of benzene rings is 1. The van der Waals surface area contributed by atoms with Gasteiger partial charge < -0.3 is 0 Å². The Morgan fingerprint density at radius 1 is 1.15 bits per heavy atom. The maximum Gasteiger partial charge on any atom is 0.263 e. The molecule has 0 amide bonds. The molecule has 0 aromatic heterocycles. The predicted octanol–water partition coefficient (Wildman–Crippen LogP) is 2.56. The molecule has 0 unspecified atom stereocenters. The molecule has 2 radical (unpaired) electrons. The van der Waals surface area contributed by atoms with Gasteiger partial charge in [-0.3, -0.25) is 0 Å². The number of halogens is 1. The van der Waals surface area contributed by atoms with Gasteiger partial charge in [0.1, 0.15) is 0 Å². The minimum atomic E-state index is -3.69. The molecule has 0 bridgehead atoms. The van der Waals surface area contributed by atoms with Crippen LogP contribution in [0.1, 0.15) is 0 Å². The van der Waals surface area contributed by atoms with Gasteiger partial charge >= 0.3 is 0 Å². The van der Waals surface area contributed by atoms with Crippen LogP contribution in [-0.4, -0.2) is 11.5 Å². The van der Waals surface area contributed by atoms with Crippen molar-refractivity contribution in [1.29, 1.82) is 0 Å². The lowest BCUT2D eigenvalue weighted by Crippen LogP contribution is -2.12. The van der Waals surface area contributed by atoms with Crippen LogP contribution in [0.2, 0.25) is 5.02 Å². The number of nitrogens with zero attached hydrogens (tertiary/aromatic N) is 1. The van der Waals surface area contributed by atoms with E-state index in [4.69, 9.17) is 11.6 Å². The Hall–Kier alpha value is 0.120. The third-order valence-corrected chi connectivity index (χ3v) is 4.00. The van der Waals surface area contributed by atoms with Gasteiger partial charge in [-0.25, -0.2) is 8.42 Å². The van der Waals surface area contributed by atoms with Gasteiger partial charge in [0.2, 0.25) is 0 Å². The van der Waals surface area contributed by atoms with Gasteiger partial charge in [0, 0.05) is 30.7 Å². The second-order valence-corrected chi connectivity index (χ2v) is 5.80. The fourth-order valence-electron chi connectivity index (χ4n) is 0.693. The molecule has 0 aliphatic heterocycles. The molecule has 0 saturated heterocycles. The summed E-state index contributed by atoms with van der Waals surface area (Å²) in [5.41, 5.74) is 0. The predicted molar refractivity (Wildman–Crippen MR) is 55.7 cm³/mol. The van der Waals surface area contributed by atoms with Crippen LogP contribution in [0.5, 0.6) is 0 Å². The third-order valence-electron chi connectivity index (χ3n) is 1.31. The van der Waals surface area contributed by atoms with E-state index in [0.29, 0.717) is 8.14 Å². The first kappa shape index (κ1) is 11.2. The van der Waals surface area contributed by atoms with Gasteiger partial charge in [-0.15, -0.1) is 0 Å².